The molecule has 1 aromatic heterocycles. The van der Waals surface area contributed by atoms with E-state index in [1.807, 2.05) is 11.3 Å². The first-order valence-corrected chi connectivity index (χ1v) is 19.2. The molecule has 0 amide bonds. The van der Waals surface area contributed by atoms with Crippen molar-refractivity contribution >= 4 is 59.3 Å². The number of nitrogens with zero attached hydrogens (tertiary/aromatic N) is 1. The maximum absolute atomic E-state index is 2.47. The molecule has 0 aliphatic rings. The monoisotopic (exact) mass is 705 g/mol. The van der Waals surface area contributed by atoms with Gasteiger partial charge in [0.1, 0.15) is 0 Å². The first kappa shape index (κ1) is 32.0. The van der Waals surface area contributed by atoms with Crippen molar-refractivity contribution in [2.24, 2.45) is 0 Å². The highest BCUT2D eigenvalue weighted by molar-refractivity contribution is 7.26. The molecule has 0 unspecified atom stereocenters. The van der Waals surface area contributed by atoms with E-state index in [1.54, 1.807) is 0 Å². The van der Waals surface area contributed by atoms with Gasteiger partial charge in [-0.1, -0.05) is 176 Å². The summed E-state index contributed by atoms with van der Waals surface area (Å²) in [5, 5.41) is 5.04. The van der Waals surface area contributed by atoms with Crippen molar-refractivity contribution in [1.82, 2.24) is 0 Å². The van der Waals surface area contributed by atoms with Crippen LogP contribution in [0.3, 0.4) is 0 Å². The van der Waals surface area contributed by atoms with E-state index in [9.17, 15) is 0 Å². The molecular formula is C52H35NS. The summed E-state index contributed by atoms with van der Waals surface area (Å²) in [6, 6.07) is 77.2. The molecule has 0 radical (unpaired) electrons. The van der Waals surface area contributed by atoms with Gasteiger partial charge in [0.2, 0.25) is 0 Å². The zero-order chi connectivity index (χ0) is 35.8. The average Bonchev–Trinajstić information content (AvgIpc) is 3.64. The quantitative estimate of drug-likeness (QED) is 0.160. The molecule has 10 rings (SSSR count). The third-order valence-corrected chi connectivity index (χ3v) is 11.7. The van der Waals surface area contributed by atoms with Gasteiger partial charge in [-0.25, -0.2) is 0 Å². The van der Waals surface area contributed by atoms with Crippen LogP contribution in [0.15, 0.2) is 212 Å². The maximum Gasteiger partial charge on any atom is 0.0640 e. The highest BCUT2D eigenvalue weighted by atomic mass is 32.1. The summed E-state index contributed by atoms with van der Waals surface area (Å²) in [6.07, 6.45) is 0. The van der Waals surface area contributed by atoms with Gasteiger partial charge in [-0.2, -0.15) is 0 Å². The molecule has 0 saturated carbocycles. The van der Waals surface area contributed by atoms with Gasteiger partial charge in [0.15, 0.2) is 0 Å². The third-order valence-electron chi connectivity index (χ3n) is 10.5. The Labute approximate surface area is 319 Å². The van der Waals surface area contributed by atoms with Gasteiger partial charge in [0.25, 0.3) is 0 Å². The number of thiophene rings is 1. The number of hydrogen-bond acceptors (Lipinski definition) is 2. The van der Waals surface area contributed by atoms with E-state index in [1.165, 1.54) is 81.1 Å². The van der Waals surface area contributed by atoms with Crippen LogP contribution in [0.5, 0.6) is 0 Å². The first-order chi connectivity index (χ1) is 26.8. The lowest BCUT2D eigenvalue weighted by molar-refractivity contribution is 1.30. The summed E-state index contributed by atoms with van der Waals surface area (Å²) in [5.41, 5.74) is 13.0. The fourth-order valence-electron chi connectivity index (χ4n) is 7.97. The SMILES string of the molecule is c1ccc(-c2ccc(N(c3cccc(-c4c(-c5ccccc5)ccc5ccccc45)c3)c3cccc4c3sc3ccccc34)cc2-c2ccccc2)cc1. The molecule has 0 aliphatic heterocycles. The summed E-state index contributed by atoms with van der Waals surface area (Å²) in [7, 11) is 0. The van der Waals surface area contributed by atoms with Crippen molar-refractivity contribution < 1.29 is 0 Å². The summed E-state index contributed by atoms with van der Waals surface area (Å²) in [5.74, 6) is 0. The molecule has 10 aromatic rings. The third kappa shape index (κ3) is 5.65. The van der Waals surface area contributed by atoms with Crippen LogP contribution in [-0.4, -0.2) is 0 Å². The number of fused-ring (bicyclic) bond motifs is 4. The first-order valence-electron chi connectivity index (χ1n) is 18.4. The van der Waals surface area contributed by atoms with Gasteiger partial charge in [-0.15, -0.1) is 11.3 Å². The van der Waals surface area contributed by atoms with Crippen molar-refractivity contribution in [3.05, 3.63) is 212 Å². The minimum atomic E-state index is 1.11. The lowest BCUT2D eigenvalue weighted by Crippen LogP contribution is -2.10. The Morgan fingerprint density at radius 2 is 0.889 bits per heavy atom. The number of benzene rings is 9. The van der Waals surface area contributed by atoms with E-state index < -0.39 is 0 Å². The van der Waals surface area contributed by atoms with Crippen LogP contribution in [0, 0.1) is 0 Å². The summed E-state index contributed by atoms with van der Waals surface area (Å²) < 4.78 is 2.56. The minimum absolute atomic E-state index is 1.11. The van der Waals surface area contributed by atoms with Crippen LogP contribution in [-0.2, 0) is 0 Å². The van der Waals surface area contributed by atoms with Gasteiger partial charge in [-0.3, -0.25) is 0 Å². The Kier molecular flexibility index (Phi) is 8.09. The Morgan fingerprint density at radius 3 is 1.65 bits per heavy atom. The molecule has 0 N–H and O–H groups in total. The zero-order valence-corrected chi connectivity index (χ0v) is 30.4. The molecule has 0 bridgehead atoms. The van der Waals surface area contributed by atoms with E-state index in [0.717, 1.165) is 11.4 Å². The van der Waals surface area contributed by atoms with E-state index in [2.05, 4.69) is 217 Å². The molecular weight excluding hydrogens is 671 g/mol. The van der Waals surface area contributed by atoms with Crippen LogP contribution < -0.4 is 4.90 Å². The predicted octanol–water partition coefficient (Wildman–Crippen LogP) is 15.3. The lowest BCUT2D eigenvalue weighted by atomic mass is 9.89. The molecule has 2 heteroatoms. The Balaban J connectivity index is 1.24. The molecule has 0 aliphatic carbocycles. The molecule has 0 saturated heterocycles. The van der Waals surface area contributed by atoms with Gasteiger partial charge < -0.3 is 4.90 Å². The molecule has 1 heterocycles. The molecule has 9 aromatic carbocycles. The number of hydrogen-bond donors (Lipinski definition) is 0. The second-order valence-corrected chi connectivity index (χ2v) is 14.7. The van der Waals surface area contributed by atoms with Crippen molar-refractivity contribution in [1.29, 1.82) is 0 Å². The van der Waals surface area contributed by atoms with Gasteiger partial charge in [0.05, 0.1) is 10.4 Å². The van der Waals surface area contributed by atoms with Crippen molar-refractivity contribution in [3.63, 3.8) is 0 Å². The fourth-order valence-corrected chi connectivity index (χ4v) is 9.18. The molecule has 54 heavy (non-hydrogen) atoms. The summed E-state index contributed by atoms with van der Waals surface area (Å²) in [6.45, 7) is 0. The van der Waals surface area contributed by atoms with Crippen LogP contribution in [0.25, 0.3) is 75.5 Å². The van der Waals surface area contributed by atoms with Crippen LogP contribution >= 0.6 is 11.3 Å². The largest absolute Gasteiger partial charge is 0.309 e. The van der Waals surface area contributed by atoms with E-state index in [0.29, 0.717) is 0 Å². The molecule has 0 atom stereocenters. The van der Waals surface area contributed by atoms with E-state index >= 15 is 0 Å². The Hall–Kier alpha value is -6.74. The molecule has 0 spiro atoms. The fraction of sp³-hybridized carbons (Fsp3) is 0. The van der Waals surface area contributed by atoms with Gasteiger partial charge >= 0.3 is 0 Å². The Morgan fingerprint density at radius 1 is 0.333 bits per heavy atom. The van der Waals surface area contributed by atoms with Crippen LogP contribution in [0.1, 0.15) is 0 Å². The average molecular weight is 706 g/mol. The summed E-state index contributed by atoms with van der Waals surface area (Å²) in [4.78, 5) is 2.47. The second-order valence-electron chi connectivity index (χ2n) is 13.7. The molecule has 0 fully saturated rings. The zero-order valence-electron chi connectivity index (χ0n) is 29.6. The van der Waals surface area contributed by atoms with Crippen LogP contribution in [0.2, 0.25) is 0 Å². The van der Waals surface area contributed by atoms with Crippen molar-refractivity contribution in [2.45, 2.75) is 0 Å². The standard InChI is InChI=1S/C52H35NS/c1-4-16-36(17-5-1)43-33-31-42(35-48(43)38-20-8-3-9-21-38)53(49-28-15-27-47-46-26-12-13-29-50(46)54-52(47)49)41-24-14-23-40(34-41)51-44-25-11-10-22-39(44)30-32-45(51)37-18-6-2-7-19-37/h1-35H. The topological polar surface area (TPSA) is 3.24 Å². The molecule has 254 valence electrons. The lowest BCUT2D eigenvalue weighted by Gasteiger charge is -2.28. The maximum atomic E-state index is 2.47. The Bertz CT molecular complexity index is 2930. The van der Waals surface area contributed by atoms with Crippen molar-refractivity contribution in [2.75, 3.05) is 4.90 Å². The van der Waals surface area contributed by atoms with Gasteiger partial charge in [-0.05, 0) is 91.7 Å². The number of anilines is 3. The van der Waals surface area contributed by atoms with Crippen molar-refractivity contribution in [3.8, 4) is 44.5 Å². The second kappa shape index (κ2) is 13.7. The van der Waals surface area contributed by atoms with Crippen LogP contribution in [0.4, 0.5) is 17.1 Å². The van der Waals surface area contributed by atoms with Gasteiger partial charge in [0, 0.05) is 26.8 Å². The minimum Gasteiger partial charge on any atom is -0.309 e. The molecule has 1 nitrogen and oxygen atoms in total. The highest BCUT2D eigenvalue weighted by Gasteiger charge is 2.21. The summed E-state index contributed by atoms with van der Waals surface area (Å²) >= 11 is 1.87. The normalized spacial score (nSPS) is 11.3. The smallest absolute Gasteiger partial charge is 0.0640 e. The predicted molar refractivity (Wildman–Crippen MR) is 233 cm³/mol. The van der Waals surface area contributed by atoms with E-state index in [4.69, 9.17) is 0 Å². The van der Waals surface area contributed by atoms with E-state index in [-0.39, 0.29) is 0 Å². The highest BCUT2D eigenvalue weighted by Crippen LogP contribution is 2.48. The number of rotatable bonds is 7.